The number of carbonyl (C=O) groups excluding carboxylic acids is 1. The Hall–Kier alpha value is -1.52. The third-order valence-corrected chi connectivity index (χ3v) is 3.33. The minimum Gasteiger partial charge on any atom is -0.344 e. The number of nitrogens with zero attached hydrogens (tertiary/aromatic N) is 1. The molecule has 2 aliphatic rings. The third kappa shape index (κ3) is 2.60. The second-order valence-corrected chi connectivity index (χ2v) is 4.92. The monoisotopic (exact) mass is 234 g/mol. The third-order valence-electron chi connectivity index (χ3n) is 3.33. The van der Waals surface area contributed by atoms with Crippen LogP contribution in [-0.4, -0.2) is 22.0 Å². The summed E-state index contributed by atoms with van der Waals surface area (Å²) in [5.74, 6) is 0.878. The van der Waals surface area contributed by atoms with Crippen molar-refractivity contribution in [3.05, 3.63) is 17.2 Å². The van der Waals surface area contributed by atoms with E-state index in [1.807, 2.05) is 0 Å². The molecule has 0 atom stereocenters. The number of aromatic amines is 1. The highest BCUT2D eigenvalue weighted by Gasteiger charge is 2.23. The van der Waals surface area contributed by atoms with E-state index in [0.29, 0.717) is 12.6 Å². The van der Waals surface area contributed by atoms with Crippen molar-refractivity contribution >= 4 is 6.03 Å². The Balaban J connectivity index is 1.53. The van der Waals surface area contributed by atoms with Crippen molar-refractivity contribution in [1.29, 1.82) is 0 Å². The molecular formula is C12H18N4O. The molecule has 0 bridgehead atoms. The molecule has 0 aliphatic heterocycles. The first kappa shape index (κ1) is 10.6. The molecule has 1 aromatic rings. The fourth-order valence-electron chi connectivity index (χ4n) is 2.22. The molecule has 92 valence electrons. The Morgan fingerprint density at radius 1 is 1.35 bits per heavy atom. The van der Waals surface area contributed by atoms with Crippen LogP contribution in [0, 0.1) is 0 Å². The zero-order valence-corrected chi connectivity index (χ0v) is 9.88. The van der Waals surface area contributed by atoms with Gasteiger partial charge in [0.15, 0.2) is 0 Å². The Labute approximate surface area is 100 Å². The molecule has 0 spiro atoms. The van der Waals surface area contributed by atoms with Crippen LogP contribution >= 0.6 is 0 Å². The van der Waals surface area contributed by atoms with Gasteiger partial charge in [0.05, 0.1) is 12.2 Å². The Morgan fingerprint density at radius 2 is 2.18 bits per heavy atom. The van der Waals surface area contributed by atoms with Crippen LogP contribution in [0.25, 0.3) is 0 Å². The maximum absolute atomic E-state index is 11.4. The first-order chi connectivity index (χ1) is 8.31. The Kier molecular flexibility index (Phi) is 2.74. The number of amides is 2. The lowest BCUT2D eigenvalue weighted by Gasteiger charge is -2.07. The fourth-order valence-corrected chi connectivity index (χ4v) is 2.22. The van der Waals surface area contributed by atoms with Gasteiger partial charge in [-0.15, -0.1) is 0 Å². The zero-order valence-electron chi connectivity index (χ0n) is 9.88. The average molecular weight is 234 g/mol. The summed E-state index contributed by atoms with van der Waals surface area (Å²) in [5, 5.41) is 5.73. The van der Waals surface area contributed by atoms with E-state index in [-0.39, 0.29) is 6.03 Å². The van der Waals surface area contributed by atoms with Gasteiger partial charge in [-0.1, -0.05) is 0 Å². The predicted molar refractivity (Wildman–Crippen MR) is 63.6 cm³/mol. The molecule has 0 saturated heterocycles. The van der Waals surface area contributed by atoms with Crippen molar-refractivity contribution in [2.24, 2.45) is 0 Å². The SMILES string of the molecule is O=C(NCc1nc2c([nH]1)CCCC2)NC1CC1. The van der Waals surface area contributed by atoms with Gasteiger partial charge in [-0.2, -0.15) is 0 Å². The standard InChI is InChI=1S/C12H18N4O/c17-12(14-8-5-6-8)13-7-11-15-9-3-1-2-4-10(9)16-11/h8H,1-7H2,(H,15,16)(H2,13,14,17). The second-order valence-electron chi connectivity index (χ2n) is 4.92. The molecule has 17 heavy (non-hydrogen) atoms. The number of urea groups is 1. The molecule has 0 radical (unpaired) electrons. The number of aromatic nitrogens is 2. The number of carbonyl (C=O) groups is 1. The highest BCUT2D eigenvalue weighted by molar-refractivity contribution is 5.74. The quantitative estimate of drug-likeness (QED) is 0.736. The van der Waals surface area contributed by atoms with Gasteiger partial charge < -0.3 is 15.6 Å². The van der Waals surface area contributed by atoms with Crippen molar-refractivity contribution in [1.82, 2.24) is 20.6 Å². The first-order valence-corrected chi connectivity index (χ1v) is 6.42. The van der Waals surface area contributed by atoms with Crippen LogP contribution in [0.15, 0.2) is 0 Å². The number of imidazole rings is 1. The minimum absolute atomic E-state index is 0.0816. The van der Waals surface area contributed by atoms with Crippen molar-refractivity contribution in [3.8, 4) is 0 Å². The fraction of sp³-hybridized carbons (Fsp3) is 0.667. The first-order valence-electron chi connectivity index (χ1n) is 6.42. The molecule has 5 heteroatoms. The molecule has 1 heterocycles. The summed E-state index contributed by atoms with van der Waals surface area (Å²) < 4.78 is 0. The number of fused-ring (bicyclic) bond motifs is 1. The summed E-state index contributed by atoms with van der Waals surface area (Å²) in [6.45, 7) is 0.492. The van der Waals surface area contributed by atoms with Crippen molar-refractivity contribution in [3.63, 3.8) is 0 Å². The van der Waals surface area contributed by atoms with Crippen LogP contribution in [0.2, 0.25) is 0 Å². The number of aryl methyl sites for hydroxylation is 2. The second kappa shape index (κ2) is 4.39. The number of nitrogens with one attached hydrogen (secondary N) is 3. The Bertz CT molecular complexity index is 399. The van der Waals surface area contributed by atoms with Crippen LogP contribution in [0.3, 0.4) is 0 Å². The van der Waals surface area contributed by atoms with Gasteiger partial charge >= 0.3 is 6.03 Å². The summed E-state index contributed by atoms with van der Waals surface area (Å²) in [7, 11) is 0. The van der Waals surface area contributed by atoms with Crippen LogP contribution in [-0.2, 0) is 19.4 Å². The zero-order chi connectivity index (χ0) is 11.7. The molecule has 0 aromatic carbocycles. The van der Waals surface area contributed by atoms with E-state index >= 15 is 0 Å². The molecule has 5 nitrogen and oxygen atoms in total. The van der Waals surface area contributed by atoms with Gasteiger partial charge in [0.2, 0.25) is 0 Å². The van der Waals surface area contributed by atoms with Crippen LogP contribution < -0.4 is 10.6 Å². The summed E-state index contributed by atoms with van der Waals surface area (Å²) in [4.78, 5) is 19.3. The van der Waals surface area contributed by atoms with Gasteiger partial charge in [0.25, 0.3) is 0 Å². The highest BCUT2D eigenvalue weighted by atomic mass is 16.2. The topological polar surface area (TPSA) is 69.8 Å². The number of hydrogen-bond donors (Lipinski definition) is 3. The molecule has 2 aliphatic carbocycles. The molecule has 1 fully saturated rings. The van der Waals surface area contributed by atoms with E-state index in [4.69, 9.17) is 0 Å². The number of hydrogen-bond acceptors (Lipinski definition) is 2. The van der Waals surface area contributed by atoms with Gasteiger partial charge in [-0.3, -0.25) is 0 Å². The molecule has 1 aromatic heterocycles. The van der Waals surface area contributed by atoms with E-state index in [9.17, 15) is 4.79 Å². The van der Waals surface area contributed by atoms with E-state index < -0.39 is 0 Å². The maximum atomic E-state index is 11.4. The summed E-state index contributed by atoms with van der Waals surface area (Å²) in [6, 6.07) is 0.321. The largest absolute Gasteiger partial charge is 0.344 e. The molecular weight excluding hydrogens is 216 g/mol. The lowest BCUT2D eigenvalue weighted by molar-refractivity contribution is 0.240. The van der Waals surface area contributed by atoms with Crippen molar-refractivity contribution in [2.75, 3.05) is 0 Å². The molecule has 0 unspecified atom stereocenters. The maximum Gasteiger partial charge on any atom is 0.315 e. The summed E-state index contributed by atoms with van der Waals surface area (Å²) >= 11 is 0. The van der Waals surface area contributed by atoms with Crippen LogP contribution in [0.4, 0.5) is 4.79 Å². The van der Waals surface area contributed by atoms with Crippen LogP contribution in [0.1, 0.15) is 42.9 Å². The van der Waals surface area contributed by atoms with E-state index in [1.165, 1.54) is 24.2 Å². The van der Waals surface area contributed by atoms with Crippen molar-refractivity contribution in [2.45, 2.75) is 51.1 Å². The predicted octanol–water partition coefficient (Wildman–Crippen LogP) is 1.25. The Morgan fingerprint density at radius 3 is 2.94 bits per heavy atom. The summed E-state index contributed by atoms with van der Waals surface area (Å²) in [6.07, 6.45) is 6.86. The normalized spacial score (nSPS) is 18.6. The van der Waals surface area contributed by atoms with Crippen LogP contribution in [0.5, 0.6) is 0 Å². The average Bonchev–Trinajstić information content (AvgIpc) is 3.03. The van der Waals surface area contributed by atoms with E-state index in [2.05, 4.69) is 20.6 Å². The number of H-pyrrole nitrogens is 1. The van der Waals surface area contributed by atoms with Crippen molar-refractivity contribution < 1.29 is 4.79 Å². The van der Waals surface area contributed by atoms with Gasteiger partial charge in [-0.05, 0) is 38.5 Å². The lowest BCUT2D eigenvalue weighted by Crippen LogP contribution is -2.36. The van der Waals surface area contributed by atoms with Gasteiger partial charge in [0, 0.05) is 11.7 Å². The molecule has 1 saturated carbocycles. The lowest BCUT2D eigenvalue weighted by atomic mass is 10.0. The minimum atomic E-state index is -0.0816. The number of rotatable bonds is 3. The van der Waals surface area contributed by atoms with E-state index in [1.54, 1.807) is 0 Å². The molecule has 3 rings (SSSR count). The molecule has 3 N–H and O–H groups in total. The molecule has 2 amide bonds. The smallest absolute Gasteiger partial charge is 0.315 e. The summed E-state index contributed by atoms with van der Waals surface area (Å²) in [5.41, 5.74) is 2.45. The van der Waals surface area contributed by atoms with Gasteiger partial charge in [-0.25, -0.2) is 9.78 Å². The van der Waals surface area contributed by atoms with E-state index in [0.717, 1.165) is 31.5 Å². The van der Waals surface area contributed by atoms with Gasteiger partial charge in [0.1, 0.15) is 5.82 Å². The highest BCUT2D eigenvalue weighted by Crippen LogP contribution is 2.19.